The van der Waals surface area contributed by atoms with Crippen LogP contribution in [0.25, 0.3) is 0 Å². The van der Waals surface area contributed by atoms with Crippen molar-refractivity contribution in [3.05, 3.63) is 80.8 Å². The molecular formula is C21H22F2N2OS. The molecule has 1 unspecified atom stereocenters. The topological polar surface area (TPSA) is 25.2 Å². The summed E-state index contributed by atoms with van der Waals surface area (Å²) in [6.07, 6.45) is 0. The maximum atomic E-state index is 13.5. The Bertz CT molecular complexity index is 963. The lowest BCUT2D eigenvalue weighted by molar-refractivity contribution is 0.0741. The van der Waals surface area contributed by atoms with Gasteiger partial charge in [0.05, 0.1) is 18.2 Å². The number of aromatic nitrogens is 1. The van der Waals surface area contributed by atoms with Gasteiger partial charge in [0.15, 0.2) is 11.6 Å². The highest BCUT2D eigenvalue weighted by molar-refractivity contribution is 7.09. The van der Waals surface area contributed by atoms with Crippen molar-refractivity contribution in [2.24, 2.45) is 0 Å². The van der Waals surface area contributed by atoms with Crippen LogP contribution in [0, 0.1) is 25.5 Å². The molecule has 0 saturated carbocycles. The summed E-state index contributed by atoms with van der Waals surface area (Å²) in [5.41, 5.74) is 3.09. The second-order valence-electron chi connectivity index (χ2n) is 6.72. The SMILES string of the molecule is Cc1cc(C(=O)N(C)C(C)c2ccc(F)c(F)c2)c(C)n1Cc1cccs1. The van der Waals surface area contributed by atoms with E-state index in [-0.39, 0.29) is 11.9 Å². The highest BCUT2D eigenvalue weighted by Crippen LogP contribution is 2.25. The Morgan fingerprint density at radius 3 is 2.56 bits per heavy atom. The van der Waals surface area contributed by atoms with Crippen molar-refractivity contribution >= 4 is 17.2 Å². The third kappa shape index (κ3) is 3.81. The molecule has 0 N–H and O–H groups in total. The zero-order valence-corrected chi connectivity index (χ0v) is 16.6. The van der Waals surface area contributed by atoms with Gasteiger partial charge in [0, 0.05) is 23.3 Å². The fraction of sp³-hybridized carbons (Fsp3) is 0.286. The second-order valence-corrected chi connectivity index (χ2v) is 7.75. The van der Waals surface area contributed by atoms with Crippen molar-refractivity contribution in [2.45, 2.75) is 33.4 Å². The lowest BCUT2D eigenvalue weighted by atomic mass is 10.1. The number of amides is 1. The maximum absolute atomic E-state index is 13.5. The third-order valence-electron chi connectivity index (χ3n) is 5.03. The Morgan fingerprint density at radius 2 is 1.93 bits per heavy atom. The Morgan fingerprint density at radius 1 is 1.19 bits per heavy atom. The number of aryl methyl sites for hydroxylation is 1. The molecule has 2 aromatic heterocycles. The molecule has 0 spiro atoms. The predicted molar refractivity (Wildman–Crippen MR) is 104 cm³/mol. The third-order valence-corrected chi connectivity index (χ3v) is 5.89. The first-order valence-corrected chi connectivity index (χ1v) is 9.58. The van der Waals surface area contributed by atoms with Crippen LogP contribution in [-0.4, -0.2) is 22.4 Å². The van der Waals surface area contributed by atoms with E-state index in [0.717, 1.165) is 30.1 Å². The van der Waals surface area contributed by atoms with Gasteiger partial charge >= 0.3 is 0 Å². The molecule has 0 bridgehead atoms. The summed E-state index contributed by atoms with van der Waals surface area (Å²) in [6, 6.07) is 9.33. The van der Waals surface area contributed by atoms with Gasteiger partial charge < -0.3 is 9.47 Å². The van der Waals surface area contributed by atoms with E-state index in [0.29, 0.717) is 11.1 Å². The number of hydrogen-bond acceptors (Lipinski definition) is 2. The van der Waals surface area contributed by atoms with Crippen molar-refractivity contribution in [3.63, 3.8) is 0 Å². The Balaban J connectivity index is 1.85. The second kappa shape index (κ2) is 7.64. The normalized spacial score (nSPS) is 12.2. The highest BCUT2D eigenvalue weighted by Gasteiger charge is 2.24. The molecule has 0 saturated heterocycles. The van der Waals surface area contributed by atoms with Crippen molar-refractivity contribution < 1.29 is 13.6 Å². The van der Waals surface area contributed by atoms with Gasteiger partial charge in [-0.2, -0.15) is 0 Å². The monoisotopic (exact) mass is 388 g/mol. The molecular weight excluding hydrogens is 366 g/mol. The van der Waals surface area contributed by atoms with Gasteiger partial charge in [0.2, 0.25) is 0 Å². The molecule has 142 valence electrons. The minimum absolute atomic E-state index is 0.141. The quantitative estimate of drug-likeness (QED) is 0.580. The Kier molecular flexibility index (Phi) is 5.46. The van der Waals surface area contributed by atoms with Crippen LogP contribution in [0.4, 0.5) is 8.78 Å². The van der Waals surface area contributed by atoms with Crippen LogP contribution in [0.5, 0.6) is 0 Å². The van der Waals surface area contributed by atoms with Gasteiger partial charge in [-0.15, -0.1) is 11.3 Å². The van der Waals surface area contributed by atoms with Crippen LogP contribution in [-0.2, 0) is 6.54 Å². The van der Waals surface area contributed by atoms with Gasteiger partial charge in [0.1, 0.15) is 0 Å². The van der Waals surface area contributed by atoms with Gasteiger partial charge in [-0.25, -0.2) is 8.78 Å². The summed E-state index contributed by atoms with van der Waals surface area (Å²) in [6.45, 7) is 6.44. The number of thiophene rings is 1. The van der Waals surface area contributed by atoms with E-state index in [1.807, 2.05) is 31.4 Å². The maximum Gasteiger partial charge on any atom is 0.255 e. The summed E-state index contributed by atoms with van der Waals surface area (Å²) in [5.74, 6) is -1.94. The molecule has 0 aliphatic heterocycles. The van der Waals surface area contributed by atoms with E-state index in [9.17, 15) is 13.6 Å². The summed E-state index contributed by atoms with van der Waals surface area (Å²) in [7, 11) is 1.68. The van der Waals surface area contributed by atoms with Crippen LogP contribution in [0.15, 0.2) is 41.8 Å². The number of nitrogens with zero attached hydrogens (tertiary/aromatic N) is 2. The number of hydrogen-bond donors (Lipinski definition) is 0. The molecule has 0 aliphatic carbocycles. The van der Waals surface area contributed by atoms with Crippen LogP contribution in [0.2, 0.25) is 0 Å². The fourth-order valence-corrected chi connectivity index (χ4v) is 3.87. The molecule has 3 nitrogen and oxygen atoms in total. The van der Waals surface area contributed by atoms with Gasteiger partial charge in [-0.3, -0.25) is 4.79 Å². The van der Waals surface area contributed by atoms with Gasteiger partial charge in [-0.05, 0) is 56.0 Å². The predicted octanol–water partition coefficient (Wildman–Crippen LogP) is 5.33. The van der Waals surface area contributed by atoms with Gasteiger partial charge in [-0.1, -0.05) is 12.1 Å². The average molecular weight is 388 g/mol. The summed E-state index contributed by atoms with van der Waals surface area (Å²) >= 11 is 1.68. The minimum Gasteiger partial charge on any atom is -0.343 e. The number of carbonyl (C=O) groups is 1. The van der Waals surface area contributed by atoms with Crippen molar-refractivity contribution in [1.82, 2.24) is 9.47 Å². The van der Waals surface area contributed by atoms with Crippen LogP contribution >= 0.6 is 11.3 Å². The summed E-state index contributed by atoms with van der Waals surface area (Å²) < 4.78 is 28.9. The van der Waals surface area contributed by atoms with E-state index in [1.54, 1.807) is 30.2 Å². The Labute approximate surface area is 161 Å². The molecule has 1 atom stereocenters. The first-order valence-electron chi connectivity index (χ1n) is 8.70. The molecule has 27 heavy (non-hydrogen) atoms. The number of benzene rings is 1. The fourth-order valence-electron chi connectivity index (χ4n) is 3.18. The van der Waals surface area contributed by atoms with E-state index >= 15 is 0 Å². The number of halogens is 2. The molecule has 3 aromatic rings. The van der Waals surface area contributed by atoms with E-state index in [2.05, 4.69) is 10.6 Å². The van der Waals surface area contributed by atoms with Crippen LogP contribution in [0.1, 0.15) is 45.2 Å². The molecule has 6 heteroatoms. The molecule has 0 fully saturated rings. The zero-order chi connectivity index (χ0) is 19.7. The smallest absolute Gasteiger partial charge is 0.255 e. The zero-order valence-electron chi connectivity index (χ0n) is 15.8. The van der Waals surface area contributed by atoms with Gasteiger partial charge in [0.25, 0.3) is 5.91 Å². The molecule has 0 aliphatic rings. The highest BCUT2D eigenvalue weighted by atomic mass is 32.1. The number of carbonyl (C=O) groups excluding carboxylic acids is 1. The largest absolute Gasteiger partial charge is 0.343 e. The van der Waals surface area contributed by atoms with Crippen LogP contribution < -0.4 is 0 Å². The lowest BCUT2D eigenvalue weighted by Crippen LogP contribution is -2.30. The first-order chi connectivity index (χ1) is 12.8. The van der Waals surface area contributed by atoms with Crippen molar-refractivity contribution in [3.8, 4) is 0 Å². The van der Waals surface area contributed by atoms with Crippen molar-refractivity contribution in [1.29, 1.82) is 0 Å². The average Bonchev–Trinajstić information content (AvgIpc) is 3.26. The summed E-state index contributed by atoms with van der Waals surface area (Å²) in [4.78, 5) is 15.8. The molecule has 2 heterocycles. The molecule has 0 radical (unpaired) electrons. The van der Waals surface area contributed by atoms with E-state index in [1.165, 1.54) is 10.9 Å². The van der Waals surface area contributed by atoms with Crippen LogP contribution in [0.3, 0.4) is 0 Å². The molecule has 3 rings (SSSR count). The number of rotatable bonds is 5. The Hall–Kier alpha value is -2.47. The standard InChI is InChI=1S/C21H22F2N2OS/c1-13-10-18(15(3)25(13)12-17-6-5-9-27-17)21(26)24(4)14(2)16-7-8-19(22)20(23)11-16/h5-11,14H,12H2,1-4H3. The van der Waals surface area contributed by atoms with Crippen molar-refractivity contribution in [2.75, 3.05) is 7.05 Å². The lowest BCUT2D eigenvalue weighted by Gasteiger charge is -2.25. The minimum atomic E-state index is -0.908. The summed E-state index contributed by atoms with van der Waals surface area (Å²) in [5, 5.41) is 2.03. The first kappa shape index (κ1) is 19.3. The van der Waals surface area contributed by atoms with E-state index < -0.39 is 11.6 Å². The molecule has 1 amide bonds. The van der Waals surface area contributed by atoms with E-state index in [4.69, 9.17) is 0 Å². The molecule has 1 aromatic carbocycles.